The molecular formula is C7H13NO3. The Balaban J connectivity index is 4.34. The fourth-order valence-electron chi connectivity index (χ4n) is 0.627. The standard InChI is InChI=1S/C7H13NO3/c1-5(10)7(3,4-9)8-6(2)11/h9H,4H2,1-3H3,(H,8,11). The molecule has 0 fully saturated rings. The van der Waals surface area contributed by atoms with Crippen molar-refractivity contribution in [2.45, 2.75) is 26.3 Å². The minimum atomic E-state index is -1.12. The lowest BCUT2D eigenvalue weighted by Crippen LogP contribution is -2.53. The van der Waals surface area contributed by atoms with Crippen molar-refractivity contribution >= 4 is 11.7 Å². The maximum atomic E-state index is 10.9. The van der Waals surface area contributed by atoms with Gasteiger partial charge in [-0.25, -0.2) is 0 Å². The van der Waals surface area contributed by atoms with Gasteiger partial charge >= 0.3 is 0 Å². The van der Waals surface area contributed by atoms with Crippen LogP contribution in [-0.2, 0) is 9.59 Å². The molecule has 0 saturated heterocycles. The van der Waals surface area contributed by atoms with E-state index in [1.165, 1.54) is 20.8 Å². The molecule has 0 aromatic carbocycles. The lowest BCUT2D eigenvalue weighted by Gasteiger charge is -2.24. The molecule has 0 aromatic heterocycles. The number of rotatable bonds is 3. The van der Waals surface area contributed by atoms with E-state index in [0.29, 0.717) is 0 Å². The van der Waals surface area contributed by atoms with Gasteiger partial charge in [0.2, 0.25) is 5.91 Å². The minimum Gasteiger partial charge on any atom is -0.393 e. The molecule has 11 heavy (non-hydrogen) atoms. The van der Waals surface area contributed by atoms with Crippen molar-refractivity contribution in [3.8, 4) is 0 Å². The number of hydrogen-bond donors (Lipinski definition) is 2. The van der Waals surface area contributed by atoms with Crippen LogP contribution in [0.15, 0.2) is 0 Å². The molecule has 1 unspecified atom stereocenters. The number of hydrogen-bond acceptors (Lipinski definition) is 3. The maximum Gasteiger partial charge on any atom is 0.217 e. The molecule has 0 radical (unpaired) electrons. The topological polar surface area (TPSA) is 66.4 Å². The molecule has 4 nitrogen and oxygen atoms in total. The fourth-order valence-corrected chi connectivity index (χ4v) is 0.627. The van der Waals surface area contributed by atoms with E-state index < -0.39 is 5.54 Å². The van der Waals surface area contributed by atoms with Gasteiger partial charge < -0.3 is 10.4 Å². The molecule has 1 amide bonds. The van der Waals surface area contributed by atoms with Gasteiger partial charge in [0.1, 0.15) is 5.54 Å². The summed E-state index contributed by atoms with van der Waals surface area (Å²) in [4.78, 5) is 21.4. The predicted octanol–water partition coefficient (Wildman–Crippen LogP) is -0.537. The second-order valence-corrected chi connectivity index (χ2v) is 2.73. The Morgan fingerprint density at radius 1 is 1.45 bits per heavy atom. The van der Waals surface area contributed by atoms with Gasteiger partial charge in [-0.05, 0) is 13.8 Å². The summed E-state index contributed by atoms with van der Waals surface area (Å²) < 4.78 is 0. The Hall–Kier alpha value is -0.900. The van der Waals surface area contributed by atoms with Crippen LogP contribution in [0.25, 0.3) is 0 Å². The van der Waals surface area contributed by atoms with Gasteiger partial charge in [0.05, 0.1) is 6.61 Å². The summed E-state index contributed by atoms with van der Waals surface area (Å²) in [5.41, 5.74) is -1.12. The lowest BCUT2D eigenvalue weighted by atomic mass is 9.99. The van der Waals surface area contributed by atoms with E-state index in [9.17, 15) is 9.59 Å². The number of Topliss-reactive ketones (excluding diaryl/α,β-unsaturated/α-hetero) is 1. The van der Waals surface area contributed by atoms with Crippen LogP contribution in [0, 0.1) is 0 Å². The normalized spacial score (nSPS) is 15.3. The van der Waals surface area contributed by atoms with Gasteiger partial charge in [0.25, 0.3) is 0 Å². The van der Waals surface area contributed by atoms with Crippen molar-refractivity contribution in [3.63, 3.8) is 0 Å². The third kappa shape index (κ3) is 2.67. The number of nitrogens with one attached hydrogen (secondary N) is 1. The number of ketones is 1. The number of carbonyl (C=O) groups is 2. The van der Waals surface area contributed by atoms with Crippen LogP contribution in [0.2, 0.25) is 0 Å². The van der Waals surface area contributed by atoms with Crippen LogP contribution in [0.3, 0.4) is 0 Å². The maximum absolute atomic E-state index is 10.9. The zero-order chi connectivity index (χ0) is 9.07. The monoisotopic (exact) mass is 159 g/mol. The zero-order valence-corrected chi connectivity index (χ0v) is 6.97. The highest BCUT2D eigenvalue weighted by Gasteiger charge is 2.29. The van der Waals surface area contributed by atoms with Crippen LogP contribution in [0.5, 0.6) is 0 Å². The Labute approximate surface area is 65.6 Å². The molecular weight excluding hydrogens is 146 g/mol. The Morgan fingerprint density at radius 2 is 1.91 bits per heavy atom. The van der Waals surface area contributed by atoms with Crippen molar-refractivity contribution in [2.75, 3.05) is 6.61 Å². The highest BCUT2D eigenvalue weighted by Crippen LogP contribution is 2.02. The van der Waals surface area contributed by atoms with Crippen molar-refractivity contribution < 1.29 is 14.7 Å². The van der Waals surface area contributed by atoms with E-state index in [-0.39, 0.29) is 18.3 Å². The molecule has 1 atom stereocenters. The molecule has 0 spiro atoms. The minimum absolute atomic E-state index is 0.254. The van der Waals surface area contributed by atoms with Gasteiger partial charge in [0.15, 0.2) is 5.78 Å². The summed E-state index contributed by atoms with van der Waals surface area (Å²) in [6, 6.07) is 0. The van der Waals surface area contributed by atoms with Crippen molar-refractivity contribution in [3.05, 3.63) is 0 Å². The van der Waals surface area contributed by atoms with Crippen LogP contribution in [0.1, 0.15) is 20.8 Å². The SMILES string of the molecule is CC(=O)NC(C)(CO)C(C)=O. The number of aliphatic hydroxyl groups excluding tert-OH is 1. The van der Waals surface area contributed by atoms with Gasteiger partial charge in [-0.3, -0.25) is 9.59 Å². The Morgan fingerprint density at radius 3 is 2.00 bits per heavy atom. The highest BCUT2D eigenvalue weighted by molar-refractivity contribution is 5.90. The molecule has 0 bridgehead atoms. The average molecular weight is 159 g/mol. The highest BCUT2D eigenvalue weighted by atomic mass is 16.3. The summed E-state index contributed by atoms with van der Waals surface area (Å²) in [7, 11) is 0. The van der Waals surface area contributed by atoms with Crippen molar-refractivity contribution in [1.82, 2.24) is 5.32 Å². The van der Waals surface area contributed by atoms with Crippen LogP contribution in [-0.4, -0.2) is 28.9 Å². The molecule has 4 heteroatoms. The molecule has 0 rings (SSSR count). The van der Waals surface area contributed by atoms with Crippen molar-refractivity contribution in [1.29, 1.82) is 0 Å². The third-order valence-corrected chi connectivity index (χ3v) is 1.55. The molecule has 0 heterocycles. The smallest absolute Gasteiger partial charge is 0.217 e. The number of aliphatic hydroxyl groups is 1. The number of carbonyl (C=O) groups excluding carboxylic acids is 2. The predicted molar refractivity (Wildman–Crippen MR) is 40.0 cm³/mol. The molecule has 0 saturated carbocycles. The van der Waals surface area contributed by atoms with Crippen LogP contribution < -0.4 is 5.32 Å². The van der Waals surface area contributed by atoms with E-state index in [1.54, 1.807) is 0 Å². The first-order valence-corrected chi connectivity index (χ1v) is 3.33. The van der Waals surface area contributed by atoms with E-state index in [4.69, 9.17) is 5.11 Å². The summed E-state index contributed by atoms with van der Waals surface area (Å²) in [6.07, 6.45) is 0. The van der Waals surface area contributed by atoms with Gasteiger partial charge in [-0.2, -0.15) is 0 Å². The molecule has 0 aliphatic rings. The second kappa shape index (κ2) is 3.48. The number of amides is 1. The largest absolute Gasteiger partial charge is 0.393 e. The van der Waals surface area contributed by atoms with E-state index >= 15 is 0 Å². The van der Waals surface area contributed by atoms with Gasteiger partial charge in [-0.1, -0.05) is 0 Å². The first-order chi connectivity index (χ1) is 4.92. The summed E-state index contributed by atoms with van der Waals surface area (Å²) in [5, 5.41) is 11.1. The third-order valence-electron chi connectivity index (χ3n) is 1.55. The lowest BCUT2D eigenvalue weighted by molar-refractivity contribution is -0.130. The first kappa shape index (κ1) is 10.1. The average Bonchev–Trinajstić information content (AvgIpc) is 1.86. The molecule has 2 N–H and O–H groups in total. The summed E-state index contributed by atoms with van der Waals surface area (Å²) in [5.74, 6) is -0.577. The quantitative estimate of drug-likeness (QED) is 0.581. The zero-order valence-electron chi connectivity index (χ0n) is 6.97. The van der Waals surface area contributed by atoms with Gasteiger partial charge in [-0.15, -0.1) is 0 Å². The molecule has 0 aliphatic carbocycles. The van der Waals surface area contributed by atoms with E-state index in [1.807, 2.05) is 0 Å². The Kier molecular flexibility index (Phi) is 3.19. The van der Waals surface area contributed by atoms with E-state index in [2.05, 4.69) is 5.32 Å². The molecule has 64 valence electrons. The second-order valence-electron chi connectivity index (χ2n) is 2.73. The van der Waals surface area contributed by atoms with Crippen molar-refractivity contribution in [2.24, 2.45) is 0 Å². The van der Waals surface area contributed by atoms with Crippen LogP contribution in [0.4, 0.5) is 0 Å². The van der Waals surface area contributed by atoms with Crippen LogP contribution >= 0.6 is 0 Å². The summed E-state index contributed by atoms with van der Waals surface area (Å²) >= 11 is 0. The van der Waals surface area contributed by atoms with Gasteiger partial charge in [0, 0.05) is 6.92 Å². The molecule has 0 aliphatic heterocycles. The first-order valence-electron chi connectivity index (χ1n) is 3.33. The summed E-state index contributed by atoms with van der Waals surface area (Å²) in [6.45, 7) is 3.74. The molecule has 0 aromatic rings. The Bertz CT molecular complexity index is 179. The fraction of sp³-hybridized carbons (Fsp3) is 0.714. The van der Waals surface area contributed by atoms with E-state index in [0.717, 1.165) is 0 Å².